The number of hydrogen-bond donors (Lipinski definition) is 1. The number of carbonyl (C=O) groups is 2. The number of amides is 1. The fourth-order valence-electron chi connectivity index (χ4n) is 4.89. The number of rotatable bonds is 5. The summed E-state index contributed by atoms with van der Waals surface area (Å²) in [6.45, 7) is 6.72. The molecule has 224 valence electrons. The number of aromatic carboxylic acids is 1. The lowest BCUT2D eigenvalue weighted by Crippen LogP contribution is -2.41. The monoisotopic (exact) mass is 593 g/mol. The Kier molecular flexibility index (Phi) is 7.96. The third kappa shape index (κ3) is 7.02. The first-order valence-electron chi connectivity index (χ1n) is 13.7. The summed E-state index contributed by atoms with van der Waals surface area (Å²) in [5, 5.41) is 17.8. The van der Waals surface area contributed by atoms with E-state index in [1.165, 1.54) is 35.1 Å². The number of pyridine rings is 1. The van der Waals surface area contributed by atoms with Crippen molar-refractivity contribution < 1.29 is 32.6 Å². The number of carboxylic acids is 1. The van der Waals surface area contributed by atoms with Crippen molar-refractivity contribution in [1.82, 2.24) is 24.9 Å². The van der Waals surface area contributed by atoms with Crippen LogP contribution in [0.25, 0.3) is 28.3 Å². The van der Waals surface area contributed by atoms with Crippen LogP contribution in [0.1, 0.15) is 61.0 Å². The summed E-state index contributed by atoms with van der Waals surface area (Å²) in [7, 11) is 0. The summed E-state index contributed by atoms with van der Waals surface area (Å²) in [6, 6.07) is 15.1. The number of aromatic nitrogens is 4. The molecule has 2 aromatic heterocycles. The van der Waals surface area contributed by atoms with Gasteiger partial charge < -0.3 is 14.7 Å². The van der Waals surface area contributed by atoms with Gasteiger partial charge in [-0.2, -0.15) is 13.2 Å². The number of piperidine rings is 1. The number of alkyl halides is 3. The summed E-state index contributed by atoms with van der Waals surface area (Å²) in [4.78, 5) is 30.6. The maximum absolute atomic E-state index is 12.9. The Labute approximate surface area is 245 Å². The molecule has 0 atom stereocenters. The molecule has 1 N–H and O–H groups in total. The zero-order chi connectivity index (χ0) is 30.9. The zero-order valence-corrected chi connectivity index (χ0v) is 23.8. The molecular weight excluding hydrogens is 563 g/mol. The van der Waals surface area contributed by atoms with Crippen molar-refractivity contribution >= 4 is 12.1 Å². The quantitative estimate of drug-likeness (QED) is 0.270. The standard InChI is InChI=1S/C31H30F3N5O4/c1-30(2,3)43-29(42)38-14-12-20(13-15-38)19-4-6-21(7-5-19)25-16-23(28(40)41)17-27(35-25)39-18-26(36-37-39)22-8-10-24(11-9-22)31(32,33)34/h4-11,16-18,20H,12-15H2,1-3H3,(H,40,41). The van der Waals surface area contributed by atoms with Crippen molar-refractivity contribution in [3.8, 4) is 28.3 Å². The molecule has 1 aliphatic heterocycles. The maximum Gasteiger partial charge on any atom is 0.416 e. The first-order chi connectivity index (χ1) is 20.3. The number of carboxylic acid groups (broad SMARTS) is 1. The number of nitrogens with zero attached hydrogens (tertiary/aromatic N) is 5. The Morgan fingerprint density at radius 1 is 0.907 bits per heavy atom. The Morgan fingerprint density at radius 3 is 2.09 bits per heavy atom. The van der Waals surface area contributed by atoms with Crippen molar-refractivity contribution in [3.63, 3.8) is 0 Å². The van der Waals surface area contributed by atoms with Gasteiger partial charge in [-0.1, -0.05) is 41.6 Å². The molecule has 0 saturated carbocycles. The van der Waals surface area contributed by atoms with E-state index in [4.69, 9.17) is 4.74 Å². The predicted octanol–water partition coefficient (Wildman–Crippen LogP) is 6.83. The van der Waals surface area contributed by atoms with Gasteiger partial charge in [0, 0.05) is 24.2 Å². The third-order valence-corrected chi connectivity index (χ3v) is 7.12. The molecule has 5 rings (SSSR count). The van der Waals surface area contributed by atoms with Crippen LogP contribution < -0.4 is 0 Å². The van der Waals surface area contributed by atoms with Crippen LogP contribution in [0.5, 0.6) is 0 Å². The van der Waals surface area contributed by atoms with Gasteiger partial charge in [-0.15, -0.1) is 5.10 Å². The number of carbonyl (C=O) groups excluding carboxylic acids is 1. The van der Waals surface area contributed by atoms with Crippen LogP contribution in [0.4, 0.5) is 18.0 Å². The van der Waals surface area contributed by atoms with Crippen molar-refractivity contribution in [2.45, 2.75) is 51.3 Å². The van der Waals surface area contributed by atoms with Crippen LogP contribution in [-0.2, 0) is 10.9 Å². The smallest absolute Gasteiger partial charge is 0.416 e. The second kappa shape index (κ2) is 11.5. The average molecular weight is 594 g/mol. The summed E-state index contributed by atoms with van der Waals surface area (Å²) in [6.07, 6.45) is -1.69. The lowest BCUT2D eigenvalue weighted by Gasteiger charge is -2.33. The van der Waals surface area contributed by atoms with Crippen molar-refractivity contribution in [2.75, 3.05) is 13.1 Å². The van der Waals surface area contributed by atoms with Crippen LogP contribution in [0.3, 0.4) is 0 Å². The lowest BCUT2D eigenvalue weighted by atomic mass is 9.89. The molecule has 1 aliphatic rings. The van der Waals surface area contributed by atoms with E-state index in [9.17, 15) is 27.9 Å². The van der Waals surface area contributed by atoms with Gasteiger partial charge in [0.1, 0.15) is 11.3 Å². The summed E-state index contributed by atoms with van der Waals surface area (Å²) in [5.74, 6) is -0.694. The topological polar surface area (TPSA) is 110 Å². The minimum Gasteiger partial charge on any atom is -0.478 e. The SMILES string of the molecule is CC(C)(C)OC(=O)N1CCC(c2ccc(-c3cc(C(=O)O)cc(-n4cc(-c5ccc(C(F)(F)F)cc5)nn4)n3)cc2)CC1. The van der Waals surface area contributed by atoms with Crippen LogP contribution in [0.15, 0.2) is 66.9 Å². The van der Waals surface area contributed by atoms with E-state index < -0.39 is 23.3 Å². The molecule has 1 fully saturated rings. The fourth-order valence-corrected chi connectivity index (χ4v) is 4.89. The predicted molar refractivity (Wildman–Crippen MR) is 152 cm³/mol. The molecule has 1 saturated heterocycles. The average Bonchev–Trinajstić information content (AvgIpc) is 3.46. The van der Waals surface area contributed by atoms with Crippen molar-refractivity contribution in [3.05, 3.63) is 83.6 Å². The van der Waals surface area contributed by atoms with E-state index in [1.54, 1.807) is 4.90 Å². The van der Waals surface area contributed by atoms with Crippen LogP contribution in [0.2, 0.25) is 0 Å². The van der Waals surface area contributed by atoms with Crippen molar-refractivity contribution in [1.29, 1.82) is 0 Å². The van der Waals surface area contributed by atoms with Crippen LogP contribution in [0, 0.1) is 0 Å². The van der Waals surface area contributed by atoms with Crippen LogP contribution >= 0.6 is 0 Å². The second-order valence-corrected chi connectivity index (χ2v) is 11.4. The normalized spacial score (nSPS) is 14.5. The van der Waals surface area contributed by atoms with E-state index in [0.717, 1.165) is 30.5 Å². The zero-order valence-electron chi connectivity index (χ0n) is 23.8. The van der Waals surface area contributed by atoms with Gasteiger partial charge in [0.2, 0.25) is 0 Å². The van der Waals surface area contributed by atoms with E-state index in [0.29, 0.717) is 35.6 Å². The number of benzene rings is 2. The highest BCUT2D eigenvalue weighted by atomic mass is 19.4. The lowest BCUT2D eigenvalue weighted by molar-refractivity contribution is -0.137. The highest BCUT2D eigenvalue weighted by molar-refractivity contribution is 5.89. The Balaban J connectivity index is 1.33. The first-order valence-corrected chi connectivity index (χ1v) is 13.7. The minimum atomic E-state index is -4.45. The van der Waals surface area contributed by atoms with Gasteiger partial charge in [0.15, 0.2) is 5.82 Å². The number of halogens is 3. The van der Waals surface area contributed by atoms with Gasteiger partial charge >= 0.3 is 18.2 Å². The van der Waals surface area contributed by atoms with E-state index in [2.05, 4.69) is 15.3 Å². The number of likely N-dealkylation sites (tertiary alicyclic amines) is 1. The van der Waals surface area contributed by atoms with E-state index in [-0.39, 0.29) is 23.4 Å². The molecule has 0 spiro atoms. The molecule has 3 heterocycles. The summed E-state index contributed by atoms with van der Waals surface area (Å²) in [5.41, 5.74) is 1.61. The van der Waals surface area contributed by atoms with Gasteiger partial charge in [-0.25, -0.2) is 19.3 Å². The van der Waals surface area contributed by atoms with Gasteiger partial charge in [0.05, 0.1) is 23.0 Å². The Morgan fingerprint density at radius 2 is 1.51 bits per heavy atom. The number of hydrogen-bond acceptors (Lipinski definition) is 6. The van der Waals surface area contributed by atoms with Gasteiger partial charge in [-0.3, -0.25) is 0 Å². The molecule has 12 heteroatoms. The van der Waals surface area contributed by atoms with E-state index in [1.807, 2.05) is 45.0 Å². The molecule has 0 bridgehead atoms. The largest absolute Gasteiger partial charge is 0.478 e. The van der Waals surface area contributed by atoms with E-state index >= 15 is 0 Å². The molecule has 0 radical (unpaired) electrons. The van der Waals surface area contributed by atoms with Crippen molar-refractivity contribution in [2.24, 2.45) is 0 Å². The Bertz CT molecular complexity index is 1620. The highest BCUT2D eigenvalue weighted by Crippen LogP contribution is 2.32. The molecule has 0 unspecified atom stereocenters. The first kappa shape index (κ1) is 29.7. The van der Waals surface area contributed by atoms with Gasteiger partial charge in [0.25, 0.3) is 0 Å². The molecule has 4 aromatic rings. The molecule has 1 amide bonds. The minimum absolute atomic E-state index is 0.00910. The molecule has 9 nitrogen and oxygen atoms in total. The van der Waals surface area contributed by atoms with Crippen LogP contribution in [-0.4, -0.2) is 60.7 Å². The van der Waals surface area contributed by atoms with Gasteiger partial charge in [-0.05, 0) is 69.4 Å². The molecular formula is C31H30F3N5O4. The highest BCUT2D eigenvalue weighted by Gasteiger charge is 2.30. The Hall–Kier alpha value is -4.74. The third-order valence-electron chi connectivity index (χ3n) is 7.12. The summed E-state index contributed by atoms with van der Waals surface area (Å²) >= 11 is 0. The number of ether oxygens (including phenoxy) is 1. The summed E-state index contributed by atoms with van der Waals surface area (Å²) < 4.78 is 45.5. The maximum atomic E-state index is 12.9. The molecule has 0 aliphatic carbocycles. The molecule has 2 aromatic carbocycles. The fraction of sp³-hybridized carbons (Fsp3) is 0.323. The molecule has 43 heavy (non-hydrogen) atoms. The second-order valence-electron chi connectivity index (χ2n) is 11.4.